The molecule has 0 aliphatic heterocycles. The highest BCUT2D eigenvalue weighted by Crippen LogP contribution is 2.46. The Morgan fingerprint density at radius 1 is 0.293 bits per heavy atom. The van der Waals surface area contributed by atoms with Gasteiger partial charge in [0.25, 0.3) is 0 Å². The molecule has 11 aromatic rings. The van der Waals surface area contributed by atoms with Crippen molar-refractivity contribution in [3.05, 3.63) is 194 Å². The maximum atomic E-state index is 5.25. The zero-order chi connectivity index (χ0) is 38.4. The van der Waals surface area contributed by atoms with Gasteiger partial charge in [0.15, 0.2) is 22.5 Å². The van der Waals surface area contributed by atoms with E-state index in [0.29, 0.717) is 17.5 Å². The zero-order valence-electron chi connectivity index (χ0n) is 31.1. The molecule has 8 aromatic carbocycles. The van der Waals surface area contributed by atoms with Crippen LogP contribution in [0.1, 0.15) is 0 Å². The summed E-state index contributed by atoms with van der Waals surface area (Å²) in [5.41, 5.74) is 12.2. The first-order chi connectivity index (χ1) is 28.7. The van der Waals surface area contributed by atoms with Crippen LogP contribution in [0, 0.1) is 0 Å². The first-order valence-electron chi connectivity index (χ1n) is 19.2. The Labute approximate surface area is 343 Å². The monoisotopic (exact) mass is 776 g/mol. The van der Waals surface area contributed by atoms with Crippen LogP contribution in [0.3, 0.4) is 0 Å². The molecule has 3 heterocycles. The maximum Gasteiger partial charge on any atom is 0.192 e. The molecule has 0 bridgehead atoms. The molecule has 4 nitrogen and oxygen atoms in total. The van der Waals surface area contributed by atoms with Crippen molar-refractivity contribution in [3.63, 3.8) is 0 Å². The number of thiazole rings is 1. The van der Waals surface area contributed by atoms with E-state index >= 15 is 0 Å². The highest BCUT2D eigenvalue weighted by molar-refractivity contribution is 7.27. The van der Waals surface area contributed by atoms with E-state index in [0.717, 1.165) is 42.2 Å². The smallest absolute Gasteiger partial charge is 0.192 e. The lowest BCUT2D eigenvalue weighted by atomic mass is 9.96. The van der Waals surface area contributed by atoms with E-state index < -0.39 is 0 Å². The Kier molecular flexibility index (Phi) is 8.50. The second-order valence-electron chi connectivity index (χ2n) is 14.2. The van der Waals surface area contributed by atoms with Gasteiger partial charge in [0.05, 0.1) is 10.2 Å². The number of hydrogen-bond donors (Lipinski definition) is 0. The van der Waals surface area contributed by atoms with Crippen molar-refractivity contribution < 1.29 is 0 Å². The van der Waals surface area contributed by atoms with Gasteiger partial charge in [0.2, 0.25) is 0 Å². The fraction of sp³-hybridized carbons (Fsp3) is 0. The van der Waals surface area contributed by atoms with Crippen molar-refractivity contribution in [1.29, 1.82) is 0 Å². The Bertz CT molecular complexity index is 3210. The van der Waals surface area contributed by atoms with Gasteiger partial charge in [-0.1, -0.05) is 170 Å². The molecule has 3 aromatic heterocycles. The first kappa shape index (κ1) is 34.2. The van der Waals surface area contributed by atoms with Crippen LogP contribution in [0.15, 0.2) is 194 Å². The van der Waals surface area contributed by atoms with E-state index in [1.54, 1.807) is 22.7 Å². The average Bonchev–Trinajstić information content (AvgIpc) is 3.92. The summed E-state index contributed by atoms with van der Waals surface area (Å²) in [6.45, 7) is 0. The minimum absolute atomic E-state index is 0.566. The molecule has 11 rings (SSSR count). The van der Waals surface area contributed by atoms with E-state index in [2.05, 4.69) is 158 Å². The maximum absolute atomic E-state index is 5.25. The van der Waals surface area contributed by atoms with Crippen molar-refractivity contribution in [3.8, 4) is 78.1 Å². The van der Waals surface area contributed by atoms with Crippen LogP contribution >= 0.6 is 22.7 Å². The quantitative estimate of drug-likeness (QED) is 0.162. The molecule has 0 saturated heterocycles. The Morgan fingerprint density at radius 2 is 0.810 bits per heavy atom. The lowest BCUT2D eigenvalue weighted by molar-refractivity contribution is 1.07. The summed E-state index contributed by atoms with van der Waals surface area (Å²) in [4.78, 5) is 20.5. The van der Waals surface area contributed by atoms with Gasteiger partial charge in [-0.15, -0.1) is 22.7 Å². The predicted molar refractivity (Wildman–Crippen MR) is 244 cm³/mol. The summed E-state index contributed by atoms with van der Waals surface area (Å²) < 4.78 is 3.46. The van der Waals surface area contributed by atoms with Crippen LogP contribution < -0.4 is 0 Å². The lowest BCUT2D eigenvalue weighted by Gasteiger charge is -2.11. The number of thiophene rings is 1. The number of aromatic nitrogens is 4. The lowest BCUT2D eigenvalue weighted by Crippen LogP contribution is -2.00. The Hall–Kier alpha value is -7.12. The second-order valence-corrected chi connectivity index (χ2v) is 16.3. The van der Waals surface area contributed by atoms with Crippen LogP contribution in [-0.2, 0) is 0 Å². The van der Waals surface area contributed by atoms with Crippen LogP contribution in [0.5, 0.6) is 0 Å². The topological polar surface area (TPSA) is 51.6 Å². The number of nitrogens with zero attached hydrogens (tertiary/aromatic N) is 4. The molecule has 0 saturated carbocycles. The van der Waals surface area contributed by atoms with Gasteiger partial charge in [-0.3, -0.25) is 0 Å². The van der Waals surface area contributed by atoms with E-state index in [1.165, 1.54) is 48.9 Å². The van der Waals surface area contributed by atoms with E-state index in [4.69, 9.17) is 19.9 Å². The van der Waals surface area contributed by atoms with Gasteiger partial charge in [-0.2, -0.15) is 0 Å². The van der Waals surface area contributed by atoms with E-state index in [1.807, 2.05) is 36.4 Å². The summed E-state index contributed by atoms with van der Waals surface area (Å²) in [5, 5.41) is 3.14. The van der Waals surface area contributed by atoms with Gasteiger partial charge in [0, 0.05) is 31.3 Å². The van der Waals surface area contributed by atoms with Crippen LogP contribution in [0.2, 0.25) is 0 Å². The van der Waals surface area contributed by atoms with Crippen LogP contribution in [-0.4, -0.2) is 19.9 Å². The summed E-state index contributed by atoms with van der Waals surface area (Å²) in [7, 11) is 0. The highest BCUT2D eigenvalue weighted by atomic mass is 32.1. The van der Waals surface area contributed by atoms with Gasteiger partial charge >= 0.3 is 0 Å². The molecule has 0 radical (unpaired) electrons. The van der Waals surface area contributed by atoms with Crippen molar-refractivity contribution in [2.24, 2.45) is 0 Å². The summed E-state index contributed by atoms with van der Waals surface area (Å²) >= 11 is 3.41. The zero-order valence-corrected chi connectivity index (χ0v) is 32.7. The molecule has 0 unspecified atom stereocenters. The number of rotatable bonds is 7. The molecule has 0 N–H and O–H groups in total. The van der Waals surface area contributed by atoms with Crippen molar-refractivity contribution in [2.75, 3.05) is 0 Å². The number of hydrogen-bond acceptors (Lipinski definition) is 6. The fourth-order valence-electron chi connectivity index (χ4n) is 7.69. The molecule has 0 atom stereocenters. The number of benzene rings is 8. The standard InChI is InChI=1S/C52H32N4S2/c1-4-13-33(14-5-1)35-23-25-37(26-24-35)40-31-43-42-20-12-19-41(38-29-27-36(28-30-38)34-15-6-2-7-16-34)47(42)58-48(43)44(32-40)50-54-49(39-17-8-3-9-18-39)55-51(56-50)52-53-45-21-10-11-22-46(45)57-52/h1-32H. The van der Waals surface area contributed by atoms with Gasteiger partial charge in [-0.25, -0.2) is 19.9 Å². The SMILES string of the molecule is c1ccc(-c2ccc(-c3cc(-c4nc(-c5ccccc5)nc(-c5nc6ccccc6s5)n4)c4sc5c(-c6ccc(-c7ccccc7)cc6)cccc5c4c3)cc2)cc1. The molecule has 0 spiro atoms. The average molecular weight is 777 g/mol. The third-order valence-corrected chi connectivity index (χ3v) is 12.9. The normalized spacial score (nSPS) is 11.4. The second kappa shape index (κ2) is 14.4. The van der Waals surface area contributed by atoms with E-state index in [-0.39, 0.29) is 0 Å². The molecular formula is C52H32N4S2. The minimum Gasteiger partial charge on any atom is -0.233 e. The number of para-hydroxylation sites is 1. The summed E-state index contributed by atoms with van der Waals surface area (Å²) in [5.74, 6) is 1.80. The molecule has 6 heteroatoms. The largest absolute Gasteiger partial charge is 0.233 e. The third-order valence-electron chi connectivity index (χ3n) is 10.6. The predicted octanol–water partition coefficient (Wildman–Crippen LogP) is 14.5. The van der Waals surface area contributed by atoms with Gasteiger partial charge in [0.1, 0.15) is 0 Å². The molecule has 0 aliphatic rings. The van der Waals surface area contributed by atoms with Gasteiger partial charge in [-0.05, 0) is 68.8 Å². The first-order valence-corrected chi connectivity index (χ1v) is 20.8. The molecule has 272 valence electrons. The molecular weight excluding hydrogens is 745 g/mol. The summed E-state index contributed by atoms with van der Waals surface area (Å²) in [6, 6.07) is 68.4. The van der Waals surface area contributed by atoms with Crippen LogP contribution in [0.25, 0.3) is 109 Å². The summed E-state index contributed by atoms with van der Waals surface area (Å²) in [6.07, 6.45) is 0. The Morgan fingerprint density at radius 3 is 1.47 bits per heavy atom. The third kappa shape index (κ3) is 6.25. The fourth-order valence-corrected chi connectivity index (χ4v) is 9.92. The molecule has 0 fully saturated rings. The Balaban J connectivity index is 1.13. The molecule has 58 heavy (non-hydrogen) atoms. The van der Waals surface area contributed by atoms with Gasteiger partial charge < -0.3 is 0 Å². The minimum atomic E-state index is 0.566. The van der Waals surface area contributed by atoms with Crippen molar-refractivity contribution in [1.82, 2.24) is 19.9 Å². The number of fused-ring (bicyclic) bond motifs is 4. The van der Waals surface area contributed by atoms with Crippen molar-refractivity contribution in [2.45, 2.75) is 0 Å². The molecule has 0 amide bonds. The van der Waals surface area contributed by atoms with Crippen LogP contribution in [0.4, 0.5) is 0 Å². The molecule has 0 aliphatic carbocycles. The highest BCUT2D eigenvalue weighted by Gasteiger charge is 2.21. The van der Waals surface area contributed by atoms with Crippen molar-refractivity contribution >= 4 is 53.1 Å². The van der Waals surface area contributed by atoms with E-state index in [9.17, 15) is 0 Å².